The lowest BCUT2D eigenvalue weighted by atomic mass is 10.1. The molecule has 0 bridgehead atoms. The van der Waals surface area contributed by atoms with Crippen molar-refractivity contribution >= 4 is 22.6 Å². The first-order chi connectivity index (χ1) is 11.2. The van der Waals surface area contributed by atoms with Gasteiger partial charge in [-0.2, -0.15) is 0 Å². The van der Waals surface area contributed by atoms with Crippen LogP contribution in [-0.2, 0) is 11.2 Å². The van der Waals surface area contributed by atoms with Crippen LogP contribution in [0.1, 0.15) is 12.6 Å². The maximum atomic E-state index is 11.2. The van der Waals surface area contributed by atoms with Crippen molar-refractivity contribution in [1.82, 2.24) is 10.1 Å². The Morgan fingerprint density at radius 3 is 2.91 bits per heavy atom. The molecule has 2 aromatic heterocycles. The molecule has 7 heteroatoms. The fourth-order valence-corrected chi connectivity index (χ4v) is 2.19. The minimum absolute atomic E-state index is 0.0759. The van der Waals surface area contributed by atoms with Crippen LogP contribution in [-0.4, -0.2) is 22.6 Å². The number of hydrogen-bond donors (Lipinski definition) is 2. The van der Waals surface area contributed by atoms with E-state index in [1.54, 1.807) is 12.1 Å². The molecule has 7 nitrogen and oxygen atoms in total. The fraction of sp³-hybridized carbons (Fsp3) is 0.188. The van der Waals surface area contributed by atoms with Crippen molar-refractivity contribution in [2.45, 2.75) is 13.3 Å². The van der Waals surface area contributed by atoms with Gasteiger partial charge in [0, 0.05) is 6.07 Å². The highest BCUT2D eigenvalue weighted by molar-refractivity contribution is 5.92. The van der Waals surface area contributed by atoms with Gasteiger partial charge in [0.1, 0.15) is 5.75 Å². The highest BCUT2D eigenvalue weighted by Gasteiger charge is 2.13. The van der Waals surface area contributed by atoms with Gasteiger partial charge in [0.05, 0.1) is 29.5 Å². The second kappa shape index (κ2) is 6.45. The van der Waals surface area contributed by atoms with Gasteiger partial charge in [-0.1, -0.05) is 18.1 Å². The van der Waals surface area contributed by atoms with Crippen molar-refractivity contribution < 1.29 is 14.1 Å². The predicted molar refractivity (Wildman–Crippen MR) is 85.4 cm³/mol. The van der Waals surface area contributed by atoms with Crippen LogP contribution in [0.25, 0.3) is 11.0 Å². The molecular formula is C16H16N4O3. The lowest BCUT2D eigenvalue weighted by Gasteiger charge is -2.07. The highest BCUT2D eigenvalue weighted by Crippen LogP contribution is 2.32. The summed E-state index contributed by atoms with van der Waals surface area (Å²) in [6, 6.07) is 8.88. The Bertz CT molecular complexity index is 827. The van der Waals surface area contributed by atoms with Gasteiger partial charge in [0.25, 0.3) is 0 Å². The summed E-state index contributed by atoms with van der Waals surface area (Å²) in [5.74, 6) is 0.764. The van der Waals surface area contributed by atoms with Gasteiger partial charge in [-0.05, 0) is 24.6 Å². The molecule has 0 unspecified atom stereocenters. The smallest absolute Gasteiger partial charge is 0.238 e. The molecule has 0 fully saturated rings. The maximum absolute atomic E-state index is 11.2. The van der Waals surface area contributed by atoms with Crippen LogP contribution in [0.15, 0.2) is 41.1 Å². The molecule has 0 saturated carbocycles. The Morgan fingerprint density at radius 1 is 1.35 bits per heavy atom. The van der Waals surface area contributed by atoms with Crippen LogP contribution in [0, 0.1) is 0 Å². The number of nitrogens with two attached hydrogens (primary N) is 1. The van der Waals surface area contributed by atoms with Gasteiger partial charge in [0.15, 0.2) is 5.58 Å². The zero-order chi connectivity index (χ0) is 16.2. The number of aromatic nitrogens is 2. The van der Waals surface area contributed by atoms with Crippen LogP contribution < -0.4 is 15.8 Å². The van der Waals surface area contributed by atoms with Crippen LogP contribution in [0.4, 0.5) is 5.69 Å². The number of rotatable bonds is 5. The quantitative estimate of drug-likeness (QED) is 0.750. The van der Waals surface area contributed by atoms with E-state index in [1.165, 1.54) is 6.20 Å². The molecule has 0 aliphatic carbocycles. The summed E-state index contributed by atoms with van der Waals surface area (Å²) >= 11 is 0. The molecule has 0 radical (unpaired) electrons. The van der Waals surface area contributed by atoms with Gasteiger partial charge in [-0.25, -0.2) is 4.98 Å². The zero-order valence-electron chi connectivity index (χ0n) is 12.6. The Morgan fingerprint density at radius 2 is 2.22 bits per heavy atom. The third kappa shape index (κ3) is 3.14. The monoisotopic (exact) mass is 312 g/mol. The van der Waals surface area contributed by atoms with E-state index in [-0.39, 0.29) is 12.5 Å². The summed E-state index contributed by atoms with van der Waals surface area (Å²) in [6.07, 6.45) is 2.25. The number of anilines is 1. The second-order valence-corrected chi connectivity index (χ2v) is 4.85. The van der Waals surface area contributed by atoms with Gasteiger partial charge < -0.3 is 20.3 Å². The molecule has 3 N–H and O–H groups in total. The van der Waals surface area contributed by atoms with E-state index in [0.29, 0.717) is 22.9 Å². The molecule has 0 aliphatic rings. The maximum Gasteiger partial charge on any atom is 0.238 e. The molecule has 0 aliphatic heterocycles. The van der Waals surface area contributed by atoms with Gasteiger partial charge in [-0.15, -0.1) is 0 Å². The van der Waals surface area contributed by atoms with Gasteiger partial charge >= 0.3 is 0 Å². The molecule has 0 spiro atoms. The number of carbonyl (C=O) groups is 1. The van der Waals surface area contributed by atoms with E-state index < -0.39 is 0 Å². The largest absolute Gasteiger partial charge is 0.438 e. The number of carbonyl (C=O) groups excluding carboxylic acids is 1. The number of benzene rings is 1. The average molecular weight is 312 g/mol. The number of nitrogens with zero attached hydrogens (tertiary/aromatic N) is 2. The number of fused-ring (bicyclic) bond motifs is 1. The average Bonchev–Trinajstić information content (AvgIpc) is 3.01. The first-order valence-corrected chi connectivity index (χ1v) is 7.22. The van der Waals surface area contributed by atoms with E-state index in [9.17, 15) is 4.79 Å². The van der Waals surface area contributed by atoms with Crippen molar-refractivity contribution in [3.63, 3.8) is 0 Å². The van der Waals surface area contributed by atoms with Crippen LogP contribution in [0.2, 0.25) is 0 Å². The molecule has 0 saturated heterocycles. The summed E-state index contributed by atoms with van der Waals surface area (Å²) in [5.41, 5.74) is 7.32. The second-order valence-electron chi connectivity index (χ2n) is 4.85. The van der Waals surface area contributed by atoms with Crippen molar-refractivity contribution in [3.05, 3.63) is 42.2 Å². The van der Waals surface area contributed by atoms with Crippen LogP contribution in [0.3, 0.4) is 0 Å². The minimum atomic E-state index is -0.276. The third-order valence-corrected chi connectivity index (χ3v) is 3.29. The molecule has 1 amide bonds. The zero-order valence-corrected chi connectivity index (χ0v) is 12.6. The summed E-state index contributed by atoms with van der Waals surface area (Å²) in [5, 5.41) is 7.50. The van der Waals surface area contributed by atoms with Crippen molar-refractivity contribution in [2.24, 2.45) is 5.73 Å². The molecule has 118 valence electrons. The summed E-state index contributed by atoms with van der Waals surface area (Å²) < 4.78 is 11.1. The lowest BCUT2D eigenvalue weighted by molar-refractivity contribution is -0.114. The van der Waals surface area contributed by atoms with Crippen LogP contribution >= 0.6 is 0 Å². The molecular weight excluding hydrogens is 296 g/mol. The van der Waals surface area contributed by atoms with E-state index >= 15 is 0 Å². The molecule has 3 rings (SSSR count). The highest BCUT2D eigenvalue weighted by atomic mass is 16.5. The Balaban J connectivity index is 1.85. The summed E-state index contributed by atoms with van der Waals surface area (Å²) in [4.78, 5) is 15.4. The van der Waals surface area contributed by atoms with E-state index in [1.807, 2.05) is 25.1 Å². The Labute approximate surface area is 132 Å². The summed E-state index contributed by atoms with van der Waals surface area (Å²) in [7, 11) is 0. The molecule has 23 heavy (non-hydrogen) atoms. The number of aryl methyl sites for hydroxylation is 1. The van der Waals surface area contributed by atoms with Crippen molar-refractivity contribution in [2.75, 3.05) is 11.9 Å². The van der Waals surface area contributed by atoms with E-state index in [0.717, 1.165) is 17.5 Å². The van der Waals surface area contributed by atoms with Gasteiger partial charge in [0.2, 0.25) is 11.8 Å². The Kier molecular flexibility index (Phi) is 4.20. The number of nitrogens with one attached hydrogen (secondary N) is 1. The number of hydrogen-bond acceptors (Lipinski definition) is 6. The fourth-order valence-electron chi connectivity index (χ4n) is 2.19. The van der Waals surface area contributed by atoms with Crippen LogP contribution in [0.5, 0.6) is 11.6 Å². The number of ether oxygens (including phenoxy) is 1. The normalized spacial score (nSPS) is 10.7. The van der Waals surface area contributed by atoms with Crippen molar-refractivity contribution in [3.8, 4) is 11.6 Å². The number of pyridine rings is 1. The minimum Gasteiger partial charge on any atom is -0.438 e. The SMILES string of the molecule is CCc1noc2cccc(Oc3ccc(NC(=O)CN)cn3)c12. The number of amides is 1. The lowest BCUT2D eigenvalue weighted by Crippen LogP contribution is -2.21. The topological polar surface area (TPSA) is 103 Å². The molecule has 3 aromatic rings. The standard InChI is InChI=1S/C16H16N4O3/c1-2-11-16-12(4-3-5-13(16)23-20-11)22-15-7-6-10(9-18-15)19-14(21)8-17/h3-7,9H,2,8,17H2,1H3,(H,19,21). The Hall–Kier alpha value is -2.93. The third-order valence-electron chi connectivity index (χ3n) is 3.29. The molecule has 1 aromatic carbocycles. The molecule has 2 heterocycles. The first-order valence-electron chi connectivity index (χ1n) is 7.22. The van der Waals surface area contributed by atoms with E-state index in [2.05, 4.69) is 15.5 Å². The predicted octanol–water partition coefficient (Wildman–Crippen LogP) is 2.47. The van der Waals surface area contributed by atoms with Crippen molar-refractivity contribution in [1.29, 1.82) is 0 Å². The first kappa shape index (κ1) is 15.0. The summed E-state index contributed by atoms with van der Waals surface area (Å²) in [6.45, 7) is 1.93. The van der Waals surface area contributed by atoms with E-state index in [4.69, 9.17) is 15.0 Å². The molecule has 0 atom stereocenters. The van der Waals surface area contributed by atoms with Gasteiger partial charge in [-0.3, -0.25) is 4.79 Å².